The molecule has 1 rings (SSSR count). The molecule has 2 atom stereocenters. The molecular weight excluding hydrogens is 236 g/mol. The van der Waals surface area contributed by atoms with Gasteiger partial charge in [-0.3, -0.25) is 0 Å². The van der Waals surface area contributed by atoms with Crippen molar-refractivity contribution in [2.45, 2.75) is 58.9 Å². The van der Waals surface area contributed by atoms with E-state index in [1.807, 2.05) is 7.05 Å². The summed E-state index contributed by atoms with van der Waals surface area (Å²) in [5.74, 6) is 0.854. The second kappa shape index (κ2) is 7.05. The van der Waals surface area contributed by atoms with Crippen LogP contribution >= 0.6 is 0 Å². The van der Waals surface area contributed by atoms with Crippen molar-refractivity contribution >= 4 is 0 Å². The molecular formula is C16H34N2O. The molecule has 0 amide bonds. The summed E-state index contributed by atoms with van der Waals surface area (Å²) in [4.78, 5) is 2.62. The minimum atomic E-state index is -0.0983. The van der Waals surface area contributed by atoms with Crippen LogP contribution in [0.5, 0.6) is 0 Å². The van der Waals surface area contributed by atoms with Crippen LogP contribution < -0.4 is 5.32 Å². The van der Waals surface area contributed by atoms with E-state index in [1.165, 1.54) is 38.9 Å². The Kier molecular flexibility index (Phi) is 6.28. The largest absolute Gasteiger partial charge is 0.394 e. The molecule has 3 heteroatoms. The Morgan fingerprint density at radius 2 is 1.89 bits per heavy atom. The molecule has 114 valence electrons. The molecule has 0 aromatic heterocycles. The lowest BCUT2D eigenvalue weighted by Crippen LogP contribution is -2.43. The smallest absolute Gasteiger partial charge is 0.0610 e. The predicted molar refractivity (Wildman–Crippen MR) is 82.4 cm³/mol. The zero-order valence-electron chi connectivity index (χ0n) is 13.6. The van der Waals surface area contributed by atoms with Crippen LogP contribution in [0.1, 0.15) is 53.4 Å². The lowest BCUT2D eigenvalue weighted by molar-refractivity contribution is 0.168. The fourth-order valence-electron chi connectivity index (χ4n) is 2.88. The maximum atomic E-state index is 9.35. The number of likely N-dealkylation sites (N-methyl/N-ethyl adjacent to an activating group) is 1. The van der Waals surface area contributed by atoms with Gasteiger partial charge in [0.1, 0.15) is 0 Å². The molecule has 1 saturated heterocycles. The summed E-state index contributed by atoms with van der Waals surface area (Å²) in [6.07, 6.45) is 4.84. The van der Waals surface area contributed by atoms with Gasteiger partial charge in [-0.25, -0.2) is 0 Å². The van der Waals surface area contributed by atoms with E-state index in [0.717, 1.165) is 12.3 Å². The van der Waals surface area contributed by atoms with E-state index >= 15 is 0 Å². The summed E-state index contributed by atoms with van der Waals surface area (Å²) in [5, 5.41) is 12.6. The molecule has 1 aliphatic rings. The lowest BCUT2D eigenvalue weighted by Gasteiger charge is -2.28. The van der Waals surface area contributed by atoms with Gasteiger partial charge in [-0.05, 0) is 57.7 Å². The van der Waals surface area contributed by atoms with Crippen LogP contribution in [0.4, 0.5) is 0 Å². The van der Waals surface area contributed by atoms with Gasteiger partial charge in [0.15, 0.2) is 0 Å². The molecule has 2 N–H and O–H groups in total. The van der Waals surface area contributed by atoms with Crippen molar-refractivity contribution in [2.75, 3.05) is 33.3 Å². The van der Waals surface area contributed by atoms with Gasteiger partial charge in [0.25, 0.3) is 0 Å². The molecule has 19 heavy (non-hydrogen) atoms. The third-order valence-electron chi connectivity index (χ3n) is 4.90. The van der Waals surface area contributed by atoms with Gasteiger partial charge in [0.05, 0.1) is 6.61 Å². The van der Waals surface area contributed by atoms with E-state index in [-0.39, 0.29) is 12.1 Å². The van der Waals surface area contributed by atoms with Crippen LogP contribution in [-0.2, 0) is 0 Å². The lowest BCUT2D eigenvalue weighted by atomic mass is 9.80. The van der Waals surface area contributed by atoms with Crippen molar-refractivity contribution in [1.82, 2.24) is 10.2 Å². The SMILES string of the molecule is CNC(C)(CO)CCCCN1CCC(C(C)(C)C)C1. The highest BCUT2D eigenvalue weighted by Gasteiger charge is 2.31. The van der Waals surface area contributed by atoms with E-state index in [2.05, 4.69) is 37.9 Å². The van der Waals surface area contributed by atoms with Gasteiger partial charge < -0.3 is 15.3 Å². The Balaban J connectivity index is 2.18. The maximum Gasteiger partial charge on any atom is 0.0610 e. The average Bonchev–Trinajstić information content (AvgIpc) is 2.83. The fraction of sp³-hybridized carbons (Fsp3) is 1.00. The molecule has 0 aromatic carbocycles. The Bertz CT molecular complexity index is 256. The van der Waals surface area contributed by atoms with E-state index < -0.39 is 0 Å². The molecule has 0 bridgehead atoms. The summed E-state index contributed by atoms with van der Waals surface area (Å²) in [7, 11) is 1.94. The third-order valence-corrected chi connectivity index (χ3v) is 4.90. The quantitative estimate of drug-likeness (QED) is 0.698. The van der Waals surface area contributed by atoms with Gasteiger partial charge in [0.2, 0.25) is 0 Å². The van der Waals surface area contributed by atoms with Crippen LogP contribution in [0.15, 0.2) is 0 Å². The number of hydrogen-bond acceptors (Lipinski definition) is 3. The van der Waals surface area contributed by atoms with E-state index in [1.54, 1.807) is 0 Å². The summed E-state index contributed by atoms with van der Waals surface area (Å²) in [6, 6.07) is 0. The Hall–Kier alpha value is -0.120. The molecule has 0 spiro atoms. The number of unbranched alkanes of at least 4 members (excludes halogenated alkanes) is 1. The number of hydrogen-bond donors (Lipinski definition) is 2. The topological polar surface area (TPSA) is 35.5 Å². The zero-order chi connectivity index (χ0) is 14.5. The minimum Gasteiger partial charge on any atom is -0.394 e. The average molecular weight is 270 g/mol. The number of rotatable bonds is 7. The standard InChI is InChI=1S/C16H34N2O/c1-15(2,3)14-8-11-18(12-14)10-7-6-9-16(4,13-19)17-5/h14,17,19H,6-13H2,1-5H3. The minimum absolute atomic E-state index is 0.0983. The second-order valence-electron chi connectivity index (χ2n) is 7.58. The Labute approximate surface area is 119 Å². The number of nitrogens with zero attached hydrogens (tertiary/aromatic N) is 1. The molecule has 0 saturated carbocycles. The predicted octanol–water partition coefficient (Wildman–Crippen LogP) is 2.50. The summed E-state index contributed by atoms with van der Waals surface area (Å²) in [5.41, 5.74) is 0.356. The third kappa shape index (κ3) is 5.41. The van der Waals surface area contributed by atoms with Gasteiger partial charge >= 0.3 is 0 Å². The van der Waals surface area contributed by atoms with Crippen molar-refractivity contribution < 1.29 is 5.11 Å². The first-order chi connectivity index (χ1) is 8.80. The van der Waals surface area contributed by atoms with Crippen molar-refractivity contribution in [2.24, 2.45) is 11.3 Å². The molecule has 0 aliphatic carbocycles. The van der Waals surface area contributed by atoms with Crippen LogP contribution in [0, 0.1) is 11.3 Å². The van der Waals surface area contributed by atoms with Crippen molar-refractivity contribution in [3.05, 3.63) is 0 Å². The Morgan fingerprint density at radius 1 is 1.21 bits per heavy atom. The van der Waals surface area contributed by atoms with E-state index in [0.29, 0.717) is 5.41 Å². The van der Waals surface area contributed by atoms with Crippen molar-refractivity contribution in [3.63, 3.8) is 0 Å². The molecule has 1 aliphatic heterocycles. The molecule has 2 unspecified atom stereocenters. The van der Waals surface area contributed by atoms with Crippen molar-refractivity contribution in [3.8, 4) is 0 Å². The number of nitrogens with one attached hydrogen (secondary N) is 1. The molecule has 0 aromatic rings. The highest BCUT2D eigenvalue weighted by atomic mass is 16.3. The normalized spacial score (nSPS) is 24.6. The maximum absolute atomic E-state index is 9.35. The van der Waals surface area contributed by atoms with Gasteiger partial charge in [-0.1, -0.05) is 27.2 Å². The monoisotopic (exact) mass is 270 g/mol. The van der Waals surface area contributed by atoms with E-state index in [9.17, 15) is 5.11 Å². The highest BCUT2D eigenvalue weighted by molar-refractivity contribution is 4.84. The summed E-state index contributed by atoms with van der Waals surface area (Å²) < 4.78 is 0. The molecule has 3 nitrogen and oxygen atoms in total. The number of likely N-dealkylation sites (tertiary alicyclic amines) is 1. The van der Waals surface area contributed by atoms with E-state index in [4.69, 9.17) is 0 Å². The van der Waals surface area contributed by atoms with Gasteiger partial charge in [0, 0.05) is 12.1 Å². The van der Waals surface area contributed by atoms with Crippen LogP contribution in [0.2, 0.25) is 0 Å². The van der Waals surface area contributed by atoms with Gasteiger partial charge in [-0.2, -0.15) is 0 Å². The first-order valence-electron chi connectivity index (χ1n) is 7.83. The first-order valence-corrected chi connectivity index (χ1v) is 7.83. The molecule has 1 fully saturated rings. The van der Waals surface area contributed by atoms with Crippen LogP contribution in [0.25, 0.3) is 0 Å². The number of aliphatic hydroxyl groups excluding tert-OH is 1. The summed E-state index contributed by atoms with van der Waals surface area (Å²) in [6.45, 7) is 13.2. The van der Waals surface area contributed by atoms with Crippen molar-refractivity contribution in [1.29, 1.82) is 0 Å². The first kappa shape index (κ1) is 16.9. The fourth-order valence-corrected chi connectivity index (χ4v) is 2.88. The molecule has 1 heterocycles. The van der Waals surface area contributed by atoms with Crippen LogP contribution in [-0.4, -0.2) is 48.8 Å². The van der Waals surface area contributed by atoms with Gasteiger partial charge in [-0.15, -0.1) is 0 Å². The second-order valence-corrected chi connectivity index (χ2v) is 7.58. The highest BCUT2D eigenvalue weighted by Crippen LogP contribution is 2.33. The summed E-state index contributed by atoms with van der Waals surface area (Å²) >= 11 is 0. The molecule has 0 radical (unpaired) electrons. The van der Waals surface area contributed by atoms with Crippen LogP contribution in [0.3, 0.4) is 0 Å². The number of aliphatic hydroxyl groups is 1. The zero-order valence-corrected chi connectivity index (χ0v) is 13.6. The Morgan fingerprint density at radius 3 is 2.37 bits per heavy atom.